The Kier molecular flexibility index (Phi) is 5.23. The topological polar surface area (TPSA) is 122 Å². The van der Waals surface area contributed by atoms with E-state index in [9.17, 15) is 19.7 Å². The van der Waals surface area contributed by atoms with Gasteiger partial charge in [0.2, 0.25) is 0 Å². The van der Waals surface area contributed by atoms with E-state index in [-0.39, 0.29) is 18.7 Å². The molecule has 21 heavy (non-hydrogen) atoms. The van der Waals surface area contributed by atoms with Gasteiger partial charge in [-0.2, -0.15) is 0 Å². The summed E-state index contributed by atoms with van der Waals surface area (Å²) < 4.78 is 0. The molecule has 8 heteroatoms. The van der Waals surface area contributed by atoms with Gasteiger partial charge in [-0.1, -0.05) is 19.1 Å². The van der Waals surface area contributed by atoms with E-state index in [1.54, 1.807) is 13.0 Å². The SMILES string of the molecule is CCC(C)(NC(=O)NCc1cccc([N+](=O)[O-])c1)C(=O)O. The molecular weight excluding hydrogens is 278 g/mol. The number of amides is 2. The maximum absolute atomic E-state index is 11.7. The Hall–Kier alpha value is -2.64. The first-order chi connectivity index (χ1) is 9.78. The van der Waals surface area contributed by atoms with Gasteiger partial charge < -0.3 is 15.7 Å². The lowest BCUT2D eigenvalue weighted by molar-refractivity contribution is -0.384. The highest BCUT2D eigenvalue weighted by molar-refractivity contribution is 5.85. The third-order valence-corrected chi connectivity index (χ3v) is 3.14. The molecule has 114 valence electrons. The number of aliphatic carboxylic acids is 1. The number of hydrogen-bond donors (Lipinski definition) is 3. The summed E-state index contributed by atoms with van der Waals surface area (Å²) in [6, 6.07) is 5.19. The first kappa shape index (κ1) is 16.4. The first-order valence-corrected chi connectivity index (χ1v) is 6.31. The number of urea groups is 1. The molecule has 0 radical (unpaired) electrons. The van der Waals surface area contributed by atoms with Crippen molar-refractivity contribution in [1.82, 2.24) is 10.6 Å². The van der Waals surface area contributed by atoms with Crippen LogP contribution in [0.15, 0.2) is 24.3 Å². The van der Waals surface area contributed by atoms with Gasteiger partial charge in [0.05, 0.1) is 4.92 Å². The summed E-state index contributed by atoms with van der Waals surface area (Å²) in [6.45, 7) is 3.12. The Morgan fingerprint density at radius 3 is 2.62 bits per heavy atom. The Morgan fingerprint density at radius 1 is 1.43 bits per heavy atom. The number of nitrogens with zero attached hydrogens (tertiary/aromatic N) is 1. The van der Waals surface area contributed by atoms with Crippen LogP contribution in [0.2, 0.25) is 0 Å². The fraction of sp³-hybridized carbons (Fsp3) is 0.385. The van der Waals surface area contributed by atoms with Crippen LogP contribution in [-0.2, 0) is 11.3 Å². The average molecular weight is 295 g/mol. The van der Waals surface area contributed by atoms with Crippen LogP contribution in [0.1, 0.15) is 25.8 Å². The van der Waals surface area contributed by atoms with Gasteiger partial charge in [-0.15, -0.1) is 0 Å². The number of rotatable bonds is 6. The minimum Gasteiger partial charge on any atom is -0.480 e. The van der Waals surface area contributed by atoms with Crippen LogP contribution < -0.4 is 10.6 Å². The number of carbonyl (C=O) groups excluding carboxylic acids is 1. The molecule has 0 bridgehead atoms. The third-order valence-electron chi connectivity index (χ3n) is 3.14. The Morgan fingerprint density at radius 2 is 2.10 bits per heavy atom. The van der Waals surface area contributed by atoms with Gasteiger partial charge in [0.25, 0.3) is 5.69 Å². The van der Waals surface area contributed by atoms with E-state index < -0.39 is 22.5 Å². The maximum Gasteiger partial charge on any atom is 0.329 e. The van der Waals surface area contributed by atoms with E-state index in [1.165, 1.54) is 25.1 Å². The zero-order valence-electron chi connectivity index (χ0n) is 11.8. The summed E-state index contributed by atoms with van der Waals surface area (Å²) in [4.78, 5) is 32.9. The number of hydrogen-bond acceptors (Lipinski definition) is 4. The van der Waals surface area contributed by atoms with Gasteiger partial charge in [-0.25, -0.2) is 9.59 Å². The second-order valence-corrected chi connectivity index (χ2v) is 4.73. The Balaban J connectivity index is 2.63. The van der Waals surface area contributed by atoms with Crippen molar-refractivity contribution in [2.45, 2.75) is 32.4 Å². The summed E-state index contributed by atoms with van der Waals surface area (Å²) in [7, 11) is 0. The second-order valence-electron chi connectivity index (χ2n) is 4.73. The van der Waals surface area contributed by atoms with Gasteiger partial charge in [-0.3, -0.25) is 10.1 Å². The van der Waals surface area contributed by atoms with E-state index in [4.69, 9.17) is 5.11 Å². The fourth-order valence-electron chi connectivity index (χ4n) is 1.55. The molecule has 1 atom stereocenters. The van der Waals surface area contributed by atoms with Crippen molar-refractivity contribution in [2.75, 3.05) is 0 Å². The van der Waals surface area contributed by atoms with E-state index in [0.717, 1.165) is 0 Å². The zero-order chi connectivity index (χ0) is 16.0. The maximum atomic E-state index is 11.7. The quantitative estimate of drug-likeness (QED) is 0.544. The standard InChI is InChI=1S/C13H17N3O5/c1-3-13(2,11(17)18)15-12(19)14-8-9-5-4-6-10(7-9)16(20)21/h4-7H,3,8H2,1-2H3,(H,17,18)(H2,14,15,19). The Bertz CT molecular complexity index is 560. The molecule has 3 N–H and O–H groups in total. The lowest BCUT2D eigenvalue weighted by Gasteiger charge is -2.24. The lowest BCUT2D eigenvalue weighted by atomic mass is 10.00. The van der Waals surface area contributed by atoms with Crippen molar-refractivity contribution in [1.29, 1.82) is 0 Å². The number of non-ortho nitro benzene ring substituents is 1. The third kappa shape index (κ3) is 4.44. The van der Waals surface area contributed by atoms with Gasteiger partial charge in [0.15, 0.2) is 0 Å². The summed E-state index contributed by atoms with van der Waals surface area (Å²) in [5.41, 5.74) is -0.876. The van der Waals surface area contributed by atoms with Crippen LogP contribution in [0.5, 0.6) is 0 Å². The molecule has 0 aliphatic heterocycles. The monoisotopic (exact) mass is 295 g/mol. The molecule has 0 saturated carbocycles. The molecule has 0 spiro atoms. The number of nitro benzene ring substituents is 1. The zero-order valence-corrected chi connectivity index (χ0v) is 11.8. The number of nitro groups is 1. The molecule has 1 unspecified atom stereocenters. The predicted octanol–water partition coefficient (Wildman–Crippen LogP) is 1.65. The molecule has 1 rings (SSSR count). The largest absolute Gasteiger partial charge is 0.480 e. The smallest absolute Gasteiger partial charge is 0.329 e. The van der Waals surface area contributed by atoms with Crippen molar-refractivity contribution in [3.8, 4) is 0 Å². The highest BCUT2D eigenvalue weighted by atomic mass is 16.6. The van der Waals surface area contributed by atoms with Crippen LogP contribution in [-0.4, -0.2) is 27.6 Å². The molecule has 0 aliphatic carbocycles. The van der Waals surface area contributed by atoms with Crippen LogP contribution in [0.3, 0.4) is 0 Å². The summed E-state index contributed by atoms with van der Waals surface area (Å²) in [6.07, 6.45) is 0.229. The number of carboxylic acids is 1. The minimum atomic E-state index is -1.35. The van der Waals surface area contributed by atoms with Crippen molar-refractivity contribution >= 4 is 17.7 Å². The normalized spacial score (nSPS) is 13.0. The van der Waals surface area contributed by atoms with E-state index in [1.807, 2.05) is 0 Å². The molecular formula is C13H17N3O5. The summed E-state index contributed by atoms with van der Waals surface area (Å²) in [5.74, 6) is -1.13. The van der Waals surface area contributed by atoms with Crippen molar-refractivity contribution < 1.29 is 19.6 Å². The molecule has 2 amide bonds. The molecule has 0 aromatic heterocycles. The van der Waals surface area contributed by atoms with Crippen molar-refractivity contribution in [3.63, 3.8) is 0 Å². The van der Waals surface area contributed by atoms with Gasteiger partial charge in [-0.05, 0) is 18.9 Å². The van der Waals surface area contributed by atoms with Gasteiger partial charge in [0.1, 0.15) is 5.54 Å². The highest BCUT2D eigenvalue weighted by Gasteiger charge is 2.32. The summed E-state index contributed by atoms with van der Waals surface area (Å²) >= 11 is 0. The second kappa shape index (κ2) is 6.69. The lowest BCUT2D eigenvalue weighted by Crippen LogP contribution is -2.54. The highest BCUT2D eigenvalue weighted by Crippen LogP contribution is 2.13. The van der Waals surface area contributed by atoms with E-state index in [2.05, 4.69) is 10.6 Å². The molecule has 1 aromatic carbocycles. The van der Waals surface area contributed by atoms with Crippen LogP contribution in [0, 0.1) is 10.1 Å². The van der Waals surface area contributed by atoms with Crippen molar-refractivity contribution in [3.05, 3.63) is 39.9 Å². The molecule has 0 heterocycles. The molecule has 0 saturated heterocycles. The number of carbonyl (C=O) groups is 2. The fourth-order valence-corrected chi connectivity index (χ4v) is 1.55. The number of benzene rings is 1. The van der Waals surface area contributed by atoms with E-state index in [0.29, 0.717) is 5.56 Å². The molecule has 1 aromatic rings. The minimum absolute atomic E-state index is 0.0624. The van der Waals surface area contributed by atoms with Crippen LogP contribution in [0.4, 0.5) is 10.5 Å². The molecule has 0 fully saturated rings. The first-order valence-electron chi connectivity index (χ1n) is 6.31. The predicted molar refractivity (Wildman–Crippen MR) is 74.8 cm³/mol. The van der Waals surface area contributed by atoms with Gasteiger partial charge >= 0.3 is 12.0 Å². The van der Waals surface area contributed by atoms with Gasteiger partial charge in [0, 0.05) is 18.7 Å². The Labute approximate surface area is 121 Å². The van der Waals surface area contributed by atoms with Crippen LogP contribution in [0.25, 0.3) is 0 Å². The van der Waals surface area contributed by atoms with E-state index >= 15 is 0 Å². The van der Waals surface area contributed by atoms with Crippen LogP contribution >= 0.6 is 0 Å². The number of nitrogens with one attached hydrogen (secondary N) is 2. The van der Waals surface area contributed by atoms with Crippen molar-refractivity contribution in [2.24, 2.45) is 0 Å². The molecule has 8 nitrogen and oxygen atoms in total. The number of carboxylic acid groups (broad SMARTS) is 1. The average Bonchev–Trinajstić information content (AvgIpc) is 2.45. The summed E-state index contributed by atoms with van der Waals surface area (Å²) in [5, 5.41) is 24.5. The molecule has 0 aliphatic rings.